The molecule has 3 atom stereocenters. The Hall–Kier alpha value is -1.18. The van der Waals surface area contributed by atoms with Crippen molar-refractivity contribution in [2.45, 2.75) is 131 Å². The Labute approximate surface area is 193 Å². The Morgan fingerprint density at radius 3 is 2.13 bits per heavy atom. The number of aromatic hydroxyl groups is 1. The lowest BCUT2D eigenvalue weighted by Gasteiger charge is -2.38. The molecule has 0 spiro atoms. The summed E-state index contributed by atoms with van der Waals surface area (Å²) in [6, 6.07) is 1.88. The number of fused-ring (bicyclic) bond motifs is 1. The van der Waals surface area contributed by atoms with Crippen molar-refractivity contribution >= 4 is 0 Å². The van der Waals surface area contributed by atoms with E-state index in [2.05, 4.69) is 48.5 Å². The number of hydrogen-bond acceptors (Lipinski definition) is 2. The number of ether oxygens (including phenoxy) is 1. The molecule has 0 bridgehead atoms. The van der Waals surface area contributed by atoms with E-state index in [1.807, 2.05) is 6.07 Å². The van der Waals surface area contributed by atoms with Crippen LogP contribution in [0.1, 0.15) is 122 Å². The highest BCUT2D eigenvalue weighted by Gasteiger charge is 2.33. The minimum atomic E-state index is -0.0651. The highest BCUT2D eigenvalue weighted by Crippen LogP contribution is 2.43. The largest absolute Gasteiger partial charge is 0.508 e. The summed E-state index contributed by atoms with van der Waals surface area (Å²) in [6.45, 7) is 16.0. The first-order valence-corrected chi connectivity index (χ1v) is 13.2. The van der Waals surface area contributed by atoms with Gasteiger partial charge in [-0.15, -0.1) is 0 Å². The van der Waals surface area contributed by atoms with Gasteiger partial charge in [-0.25, -0.2) is 0 Å². The standard InChI is InChI=1S/C29H50O2/c1-8-25-26-17-19-29(7,31-28(26)24(6)20-27(25)30)18-11-16-23(5)15-10-14-22(4)13-9-12-21(2)3/h20-23,30H,8-19H2,1-7H3. The fraction of sp³-hybridized carbons (Fsp3) is 0.793. The topological polar surface area (TPSA) is 29.5 Å². The van der Waals surface area contributed by atoms with Crippen LogP contribution in [0.15, 0.2) is 6.07 Å². The highest BCUT2D eigenvalue weighted by atomic mass is 16.5. The summed E-state index contributed by atoms with van der Waals surface area (Å²) >= 11 is 0. The van der Waals surface area contributed by atoms with Crippen LogP contribution < -0.4 is 4.74 Å². The molecule has 1 aromatic rings. The van der Waals surface area contributed by atoms with Gasteiger partial charge in [-0.1, -0.05) is 79.6 Å². The van der Waals surface area contributed by atoms with Crippen molar-refractivity contribution in [3.63, 3.8) is 0 Å². The van der Waals surface area contributed by atoms with Gasteiger partial charge in [0.05, 0.1) is 0 Å². The summed E-state index contributed by atoms with van der Waals surface area (Å²) in [7, 11) is 0. The summed E-state index contributed by atoms with van der Waals surface area (Å²) < 4.78 is 6.59. The van der Waals surface area contributed by atoms with E-state index in [1.165, 1.54) is 56.9 Å². The number of phenols is 1. The number of hydrogen-bond donors (Lipinski definition) is 1. The third-order valence-electron chi connectivity index (χ3n) is 7.54. The lowest BCUT2D eigenvalue weighted by Crippen LogP contribution is -2.37. The van der Waals surface area contributed by atoms with Crippen molar-refractivity contribution in [2.75, 3.05) is 0 Å². The maximum absolute atomic E-state index is 10.3. The summed E-state index contributed by atoms with van der Waals surface area (Å²) in [6.07, 6.45) is 14.9. The highest BCUT2D eigenvalue weighted by molar-refractivity contribution is 5.54. The average molecular weight is 431 g/mol. The SMILES string of the molecule is CCc1c(O)cc(C)c2c1CCC(C)(CCCC(C)CCCC(C)CCCC(C)C)O2. The predicted octanol–water partition coefficient (Wildman–Crippen LogP) is 8.79. The molecule has 1 aliphatic rings. The summed E-state index contributed by atoms with van der Waals surface area (Å²) in [4.78, 5) is 0. The van der Waals surface area contributed by atoms with Crippen LogP contribution >= 0.6 is 0 Å². The van der Waals surface area contributed by atoms with Crippen LogP contribution in [0, 0.1) is 24.7 Å². The molecule has 0 aliphatic carbocycles. The van der Waals surface area contributed by atoms with Gasteiger partial charge in [0.1, 0.15) is 17.1 Å². The van der Waals surface area contributed by atoms with Crippen LogP contribution in [0.25, 0.3) is 0 Å². The van der Waals surface area contributed by atoms with Gasteiger partial charge in [0.2, 0.25) is 0 Å². The lowest BCUT2D eigenvalue weighted by molar-refractivity contribution is 0.0512. The van der Waals surface area contributed by atoms with Gasteiger partial charge in [-0.3, -0.25) is 0 Å². The van der Waals surface area contributed by atoms with E-state index in [1.54, 1.807) is 0 Å². The maximum atomic E-state index is 10.3. The zero-order valence-corrected chi connectivity index (χ0v) is 21.7. The van der Waals surface area contributed by atoms with E-state index in [-0.39, 0.29) is 5.60 Å². The Kier molecular flexibility index (Phi) is 10.2. The molecule has 0 amide bonds. The van der Waals surface area contributed by atoms with Crippen LogP contribution in [0.2, 0.25) is 0 Å². The first-order valence-electron chi connectivity index (χ1n) is 13.2. The van der Waals surface area contributed by atoms with E-state index in [9.17, 15) is 5.11 Å². The molecule has 1 N–H and O–H groups in total. The Bertz CT molecular complexity index is 678. The molecule has 178 valence electrons. The molecule has 3 unspecified atom stereocenters. The fourth-order valence-electron chi connectivity index (χ4n) is 5.35. The van der Waals surface area contributed by atoms with Crippen LogP contribution in [0.4, 0.5) is 0 Å². The van der Waals surface area contributed by atoms with Gasteiger partial charge < -0.3 is 9.84 Å². The van der Waals surface area contributed by atoms with Gasteiger partial charge in [-0.05, 0) is 75.3 Å². The number of benzene rings is 1. The maximum Gasteiger partial charge on any atom is 0.126 e. The molecule has 0 radical (unpaired) electrons. The fourth-order valence-corrected chi connectivity index (χ4v) is 5.35. The minimum Gasteiger partial charge on any atom is -0.508 e. The van der Waals surface area contributed by atoms with E-state index in [4.69, 9.17) is 4.74 Å². The molecule has 0 saturated heterocycles. The first kappa shape index (κ1) is 26.1. The van der Waals surface area contributed by atoms with E-state index in [0.717, 1.165) is 60.3 Å². The van der Waals surface area contributed by atoms with Gasteiger partial charge in [0.25, 0.3) is 0 Å². The van der Waals surface area contributed by atoms with E-state index in [0.29, 0.717) is 5.75 Å². The minimum absolute atomic E-state index is 0.0651. The first-order chi connectivity index (χ1) is 14.6. The second-order valence-electron chi connectivity index (χ2n) is 11.3. The van der Waals surface area contributed by atoms with Gasteiger partial charge in [-0.2, -0.15) is 0 Å². The van der Waals surface area contributed by atoms with Crippen molar-refractivity contribution < 1.29 is 9.84 Å². The molecule has 2 nitrogen and oxygen atoms in total. The molecule has 1 aliphatic heterocycles. The molecule has 31 heavy (non-hydrogen) atoms. The third-order valence-corrected chi connectivity index (χ3v) is 7.54. The average Bonchev–Trinajstić information content (AvgIpc) is 2.68. The van der Waals surface area contributed by atoms with Gasteiger partial charge in [0.15, 0.2) is 0 Å². The molecule has 2 heteroatoms. The predicted molar refractivity (Wildman–Crippen MR) is 134 cm³/mol. The quantitative estimate of drug-likeness (QED) is 0.339. The van der Waals surface area contributed by atoms with Crippen LogP contribution in [0.3, 0.4) is 0 Å². The van der Waals surface area contributed by atoms with Crippen LogP contribution in [-0.4, -0.2) is 10.7 Å². The third kappa shape index (κ3) is 8.03. The van der Waals surface area contributed by atoms with Crippen molar-refractivity contribution in [1.29, 1.82) is 0 Å². The summed E-state index contributed by atoms with van der Waals surface area (Å²) in [5, 5.41) is 10.3. The molecular formula is C29H50O2. The van der Waals surface area contributed by atoms with Crippen molar-refractivity contribution in [3.05, 3.63) is 22.8 Å². The molecule has 2 rings (SSSR count). The lowest BCUT2D eigenvalue weighted by atomic mass is 9.84. The zero-order chi connectivity index (χ0) is 23.0. The number of rotatable bonds is 13. The molecule has 1 aromatic carbocycles. The van der Waals surface area contributed by atoms with Gasteiger partial charge >= 0.3 is 0 Å². The van der Waals surface area contributed by atoms with Crippen molar-refractivity contribution in [3.8, 4) is 11.5 Å². The van der Waals surface area contributed by atoms with Crippen molar-refractivity contribution in [1.82, 2.24) is 0 Å². The number of aryl methyl sites for hydroxylation is 1. The molecule has 0 saturated carbocycles. The second kappa shape index (κ2) is 12.2. The van der Waals surface area contributed by atoms with E-state index >= 15 is 0 Å². The summed E-state index contributed by atoms with van der Waals surface area (Å²) in [5.74, 6) is 4.03. The molecule has 0 aromatic heterocycles. The number of phenolic OH excluding ortho intramolecular Hbond substituents is 1. The van der Waals surface area contributed by atoms with Crippen LogP contribution in [-0.2, 0) is 12.8 Å². The summed E-state index contributed by atoms with van der Waals surface area (Å²) in [5.41, 5.74) is 3.33. The monoisotopic (exact) mass is 430 g/mol. The smallest absolute Gasteiger partial charge is 0.126 e. The molecule has 0 fully saturated rings. The molecular weight excluding hydrogens is 380 g/mol. The normalized spacial score (nSPS) is 20.4. The van der Waals surface area contributed by atoms with Crippen LogP contribution in [0.5, 0.6) is 11.5 Å². The second-order valence-corrected chi connectivity index (χ2v) is 11.3. The Balaban J connectivity index is 1.73. The molecule has 1 heterocycles. The van der Waals surface area contributed by atoms with Crippen molar-refractivity contribution in [2.24, 2.45) is 17.8 Å². The zero-order valence-electron chi connectivity index (χ0n) is 21.7. The Morgan fingerprint density at radius 1 is 0.968 bits per heavy atom. The van der Waals surface area contributed by atoms with E-state index < -0.39 is 0 Å². The Morgan fingerprint density at radius 2 is 1.55 bits per heavy atom. The van der Waals surface area contributed by atoms with Gasteiger partial charge in [0, 0.05) is 11.1 Å².